The largest absolute Gasteiger partial charge is 0.396 e. The smallest absolute Gasteiger partial charge is 0.0495 e. The minimum atomic E-state index is -0.0368. The summed E-state index contributed by atoms with van der Waals surface area (Å²) in [5, 5.41) is 9.20. The molecule has 128 valence electrons. The molecular weight excluding hydrogens is 264 g/mol. The van der Waals surface area contributed by atoms with E-state index in [1.807, 2.05) is 0 Å². The van der Waals surface area contributed by atoms with Crippen molar-refractivity contribution in [1.29, 1.82) is 0 Å². The second-order valence-corrected chi connectivity index (χ2v) is 8.49. The van der Waals surface area contributed by atoms with Gasteiger partial charge in [0.05, 0.1) is 0 Å². The first-order valence-electron chi connectivity index (χ1n) is 8.34. The van der Waals surface area contributed by atoms with Gasteiger partial charge in [0.15, 0.2) is 0 Å². The third kappa shape index (κ3) is 12.1. The van der Waals surface area contributed by atoms with Crippen LogP contribution in [-0.2, 0) is 9.47 Å². The lowest BCUT2D eigenvalue weighted by Crippen LogP contribution is -2.23. The molecule has 0 heterocycles. The average Bonchev–Trinajstić information content (AvgIpc) is 2.38. The van der Waals surface area contributed by atoms with E-state index in [0.29, 0.717) is 17.3 Å². The second-order valence-electron chi connectivity index (χ2n) is 8.49. The van der Waals surface area contributed by atoms with Crippen LogP contribution in [0.3, 0.4) is 0 Å². The summed E-state index contributed by atoms with van der Waals surface area (Å²) in [5.41, 5.74) is 0.308. The minimum absolute atomic E-state index is 0.0368. The Morgan fingerprint density at radius 1 is 0.810 bits per heavy atom. The Morgan fingerprint density at radius 2 is 1.24 bits per heavy atom. The van der Waals surface area contributed by atoms with Gasteiger partial charge in [-0.15, -0.1) is 0 Å². The summed E-state index contributed by atoms with van der Waals surface area (Å²) in [4.78, 5) is 0. The lowest BCUT2D eigenvalue weighted by Gasteiger charge is -2.24. The molecule has 0 aliphatic carbocycles. The molecule has 0 aliphatic rings. The standard InChI is InChI=1S/C18H38O3/c1-15(12-20-10-8-17(3,4)5)16(2)13-21-11-9-18(6,7)14-19/h15-16,19H,8-14H2,1-7H3. The zero-order chi connectivity index (χ0) is 16.5. The molecule has 1 N–H and O–H groups in total. The third-order valence-corrected chi connectivity index (χ3v) is 4.08. The van der Waals surface area contributed by atoms with Crippen molar-refractivity contribution in [2.75, 3.05) is 33.0 Å². The van der Waals surface area contributed by atoms with Crippen LogP contribution in [0.4, 0.5) is 0 Å². The van der Waals surface area contributed by atoms with Crippen molar-refractivity contribution in [2.24, 2.45) is 22.7 Å². The highest BCUT2D eigenvalue weighted by Gasteiger charge is 2.17. The van der Waals surface area contributed by atoms with Crippen LogP contribution in [0.5, 0.6) is 0 Å². The molecule has 2 atom stereocenters. The van der Waals surface area contributed by atoms with Crippen molar-refractivity contribution in [3.8, 4) is 0 Å². The molecule has 21 heavy (non-hydrogen) atoms. The van der Waals surface area contributed by atoms with E-state index in [4.69, 9.17) is 9.47 Å². The Labute approximate surface area is 132 Å². The molecule has 0 fully saturated rings. The number of rotatable bonds is 11. The van der Waals surface area contributed by atoms with E-state index >= 15 is 0 Å². The highest BCUT2D eigenvalue weighted by Crippen LogP contribution is 2.20. The maximum atomic E-state index is 9.20. The summed E-state index contributed by atoms with van der Waals surface area (Å²) in [6, 6.07) is 0. The predicted octanol–water partition coefficient (Wildman–Crippen LogP) is 4.14. The Kier molecular flexibility index (Phi) is 9.75. The van der Waals surface area contributed by atoms with Gasteiger partial charge in [-0.1, -0.05) is 48.5 Å². The van der Waals surface area contributed by atoms with Gasteiger partial charge in [0.2, 0.25) is 0 Å². The van der Waals surface area contributed by atoms with E-state index in [1.165, 1.54) is 0 Å². The molecular formula is C18H38O3. The van der Waals surface area contributed by atoms with E-state index in [2.05, 4.69) is 48.5 Å². The molecule has 0 aromatic rings. The van der Waals surface area contributed by atoms with Crippen molar-refractivity contribution in [2.45, 2.75) is 61.3 Å². The van der Waals surface area contributed by atoms with E-state index in [0.717, 1.165) is 39.3 Å². The summed E-state index contributed by atoms with van der Waals surface area (Å²) in [6.07, 6.45) is 1.99. The lowest BCUT2D eigenvalue weighted by atomic mass is 9.91. The van der Waals surface area contributed by atoms with Gasteiger partial charge in [-0.05, 0) is 35.5 Å². The molecule has 0 spiro atoms. The number of hydrogen-bond acceptors (Lipinski definition) is 3. The van der Waals surface area contributed by atoms with Crippen LogP contribution in [0.2, 0.25) is 0 Å². The summed E-state index contributed by atoms with van der Waals surface area (Å²) in [6.45, 7) is 18.6. The first kappa shape index (κ1) is 20.9. The highest BCUT2D eigenvalue weighted by molar-refractivity contribution is 4.67. The fourth-order valence-corrected chi connectivity index (χ4v) is 1.67. The van der Waals surface area contributed by atoms with Crippen molar-refractivity contribution in [3.63, 3.8) is 0 Å². The molecule has 0 aromatic heterocycles. The van der Waals surface area contributed by atoms with Gasteiger partial charge in [0, 0.05) is 33.0 Å². The highest BCUT2D eigenvalue weighted by atomic mass is 16.5. The second kappa shape index (κ2) is 9.81. The average molecular weight is 302 g/mol. The van der Waals surface area contributed by atoms with E-state index in [1.54, 1.807) is 0 Å². The zero-order valence-corrected chi connectivity index (χ0v) is 15.4. The fourth-order valence-electron chi connectivity index (χ4n) is 1.67. The Hall–Kier alpha value is -0.120. The number of ether oxygens (including phenoxy) is 2. The number of hydrogen-bond donors (Lipinski definition) is 1. The van der Waals surface area contributed by atoms with Crippen molar-refractivity contribution < 1.29 is 14.6 Å². The molecule has 0 saturated carbocycles. The van der Waals surface area contributed by atoms with Crippen LogP contribution in [-0.4, -0.2) is 38.1 Å². The van der Waals surface area contributed by atoms with Gasteiger partial charge in [-0.2, -0.15) is 0 Å². The van der Waals surface area contributed by atoms with E-state index in [9.17, 15) is 5.11 Å². The Balaban J connectivity index is 3.69. The first-order chi connectivity index (χ1) is 9.57. The maximum absolute atomic E-state index is 9.20. The summed E-state index contributed by atoms with van der Waals surface area (Å²) in [7, 11) is 0. The molecule has 0 rings (SSSR count). The SMILES string of the molecule is CC(COCCC(C)(C)C)C(C)COCCC(C)(C)CO. The van der Waals surface area contributed by atoms with Crippen molar-refractivity contribution in [3.05, 3.63) is 0 Å². The molecule has 0 amide bonds. The number of aliphatic hydroxyl groups is 1. The van der Waals surface area contributed by atoms with Crippen LogP contribution < -0.4 is 0 Å². The Morgan fingerprint density at radius 3 is 1.62 bits per heavy atom. The molecule has 0 aromatic carbocycles. The van der Waals surface area contributed by atoms with Crippen LogP contribution in [0.1, 0.15) is 61.3 Å². The molecule has 2 unspecified atom stereocenters. The first-order valence-corrected chi connectivity index (χ1v) is 8.34. The minimum Gasteiger partial charge on any atom is -0.396 e. The fraction of sp³-hybridized carbons (Fsp3) is 1.00. The maximum Gasteiger partial charge on any atom is 0.0495 e. The van der Waals surface area contributed by atoms with E-state index < -0.39 is 0 Å². The van der Waals surface area contributed by atoms with Crippen molar-refractivity contribution in [1.82, 2.24) is 0 Å². The molecule has 3 nitrogen and oxygen atoms in total. The predicted molar refractivity (Wildman–Crippen MR) is 89.5 cm³/mol. The lowest BCUT2D eigenvalue weighted by molar-refractivity contribution is 0.0247. The molecule has 0 saturated heterocycles. The van der Waals surface area contributed by atoms with Crippen LogP contribution in [0.15, 0.2) is 0 Å². The number of aliphatic hydroxyl groups excluding tert-OH is 1. The van der Waals surface area contributed by atoms with Crippen molar-refractivity contribution >= 4 is 0 Å². The topological polar surface area (TPSA) is 38.7 Å². The molecule has 0 bridgehead atoms. The van der Waals surface area contributed by atoms with Gasteiger partial charge < -0.3 is 14.6 Å². The summed E-state index contributed by atoms with van der Waals surface area (Å²) in [5.74, 6) is 1.01. The van der Waals surface area contributed by atoms with Gasteiger partial charge >= 0.3 is 0 Å². The van der Waals surface area contributed by atoms with E-state index in [-0.39, 0.29) is 12.0 Å². The van der Waals surface area contributed by atoms with Gasteiger partial charge in [-0.25, -0.2) is 0 Å². The van der Waals surface area contributed by atoms with Gasteiger partial charge in [0.1, 0.15) is 0 Å². The quantitative estimate of drug-likeness (QED) is 0.583. The zero-order valence-electron chi connectivity index (χ0n) is 15.4. The van der Waals surface area contributed by atoms with Crippen LogP contribution in [0.25, 0.3) is 0 Å². The molecule has 0 aliphatic heterocycles. The third-order valence-electron chi connectivity index (χ3n) is 4.08. The summed E-state index contributed by atoms with van der Waals surface area (Å²) >= 11 is 0. The Bertz CT molecular complexity index is 256. The monoisotopic (exact) mass is 302 g/mol. The molecule has 3 heteroatoms. The van der Waals surface area contributed by atoms with Gasteiger partial charge in [0.25, 0.3) is 0 Å². The van der Waals surface area contributed by atoms with Crippen LogP contribution >= 0.6 is 0 Å². The van der Waals surface area contributed by atoms with Gasteiger partial charge in [-0.3, -0.25) is 0 Å². The normalized spacial score (nSPS) is 16.0. The summed E-state index contributed by atoms with van der Waals surface area (Å²) < 4.78 is 11.5. The van der Waals surface area contributed by atoms with Crippen LogP contribution in [0, 0.1) is 22.7 Å². The molecule has 0 radical (unpaired) electrons.